The van der Waals surface area contributed by atoms with Crippen LogP contribution in [0.25, 0.3) is 11.1 Å². The summed E-state index contributed by atoms with van der Waals surface area (Å²) < 4.78 is 34.0. The summed E-state index contributed by atoms with van der Waals surface area (Å²) in [7, 11) is -2.14. The number of ether oxygens (including phenoxy) is 1. The third-order valence-corrected chi connectivity index (χ3v) is 9.16. The van der Waals surface area contributed by atoms with Crippen LogP contribution in [0.1, 0.15) is 24.3 Å². The van der Waals surface area contributed by atoms with Crippen LogP contribution in [0.15, 0.2) is 78.0 Å². The Hall–Kier alpha value is -2.78. The summed E-state index contributed by atoms with van der Waals surface area (Å²) in [5.41, 5.74) is 3.25. The van der Waals surface area contributed by atoms with E-state index in [0.717, 1.165) is 36.1 Å². The van der Waals surface area contributed by atoms with Crippen molar-refractivity contribution < 1.29 is 18.3 Å². The molecule has 0 spiro atoms. The minimum absolute atomic E-state index is 0.0104. The van der Waals surface area contributed by atoms with E-state index in [9.17, 15) is 13.5 Å². The number of rotatable bonds is 6. The van der Waals surface area contributed by atoms with Crippen LogP contribution in [0.2, 0.25) is 0 Å². The summed E-state index contributed by atoms with van der Waals surface area (Å²) >= 11 is 0. The standard InChI is InChI=1S/C27H31N3O4S/c1-34-23-7-4-8-24(16-23)35(32,33)29-14-2-3-15-30-25(18-29)27(26(30)19-31)21-11-9-20(10-12-21)22-6-5-13-28-17-22/h4-13,16-17,25-27,31H,2-3,14-15,18-19H2,1H3/t25-,26-,27+/m0/s1. The fraction of sp³-hybridized carbons (Fsp3) is 0.370. The first-order chi connectivity index (χ1) is 17.0. The molecule has 2 aliphatic rings. The molecule has 7 nitrogen and oxygen atoms in total. The fourth-order valence-corrected chi connectivity index (χ4v) is 7.00. The number of aliphatic hydroxyl groups excluding tert-OH is 1. The highest BCUT2D eigenvalue weighted by Gasteiger charge is 2.50. The zero-order valence-electron chi connectivity index (χ0n) is 19.8. The van der Waals surface area contributed by atoms with Crippen LogP contribution in [0.5, 0.6) is 5.75 Å². The van der Waals surface area contributed by atoms with E-state index in [1.807, 2.05) is 18.3 Å². The van der Waals surface area contributed by atoms with Gasteiger partial charge in [0, 0.05) is 49.6 Å². The van der Waals surface area contributed by atoms with Gasteiger partial charge in [-0.3, -0.25) is 9.88 Å². The summed E-state index contributed by atoms with van der Waals surface area (Å²) in [6, 6.07) is 19.0. The molecule has 0 aliphatic carbocycles. The van der Waals surface area contributed by atoms with E-state index in [1.165, 1.54) is 7.11 Å². The highest BCUT2D eigenvalue weighted by molar-refractivity contribution is 7.89. The van der Waals surface area contributed by atoms with Crippen LogP contribution < -0.4 is 4.74 Å². The Kier molecular flexibility index (Phi) is 6.88. The Morgan fingerprint density at radius 2 is 1.83 bits per heavy atom. The molecule has 3 aromatic rings. The maximum Gasteiger partial charge on any atom is 0.243 e. The lowest BCUT2D eigenvalue weighted by Crippen LogP contribution is -2.67. The molecule has 1 aromatic heterocycles. The summed E-state index contributed by atoms with van der Waals surface area (Å²) in [6.07, 6.45) is 5.28. The molecule has 1 N–H and O–H groups in total. The summed E-state index contributed by atoms with van der Waals surface area (Å²) in [4.78, 5) is 6.74. The monoisotopic (exact) mass is 493 g/mol. The van der Waals surface area contributed by atoms with E-state index < -0.39 is 10.0 Å². The van der Waals surface area contributed by atoms with Gasteiger partial charge >= 0.3 is 0 Å². The summed E-state index contributed by atoms with van der Waals surface area (Å²) in [5.74, 6) is 0.583. The average molecular weight is 494 g/mol. The van der Waals surface area contributed by atoms with Gasteiger partial charge in [-0.25, -0.2) is 8.42 Å². The Morgan fingerprint density at radius 1 is 1.03 bits per heavy atom. The van der Waals surface area contributed by atoms with E-state index in [1.54, 1.807) is 34.8 Å². The predicted molar refractivity (Wildman–Crippen MR) is 135 cm³/mol. The quantitative estimate of drug-likeness (QED) is 0.567. The lowest BCUT2D eigenvalue weighted by Gasteiger charge is -2.57. The zero-order valence-corrected chi connectivity index (χ0v) is 20.6. The van der Waals surface area contributed by atoms with Crippen molar-refractivity contribution in [1.82, 2.24) is 14.2 Å². The SMILES string of the molecule is COc1cccc(S(=O)(=O)N2CCCCN3[C@@H](CO)[C@H](c4ccc(-c5cccnc5)cc4)[C@@H]3C2)c1. The van der Waals surface area contributed by atoms with Gasteiger partial charge < -0.3 is 9.84 Å². The third-order valence-electron chi connectivity index (χ3n) is 7.30. The molecule has 8 heteroatoms. The molecule has 0 bridgehead atoms. The fourth-order valence-electron chi connectivity index (χ4n) is 5.47. The molecule has 184 valence electrons. The van der Waals surface area contributed by atoms with Crippen molar-refractivity contribution in [2.45, 2.75) is 35.7 Å². The largest absolute Gasteiger partial charge is 0.497 e. The van der Waals surface area contributed by atoms with E-state index >= 15 is 0 Å². The van der Waals surface area contributed by atoms with Gasteiger partial charge in [-0.05, 0) is 54.3 Å². The number of sulfonamides is 1. The van der Waals surface area contributed by atoms with Gasteiger partial charge in [0.05, 0.1) is 18.6 Å². The molecule has 3 atom stereocenters. The Balaban J connectivity index is 1.42. The van der Waals surface area contributed by atoms with E-state index in [4.69, 9.17) is 4.74 Å². The number of aromatic nitrogens is 1. The summed E-state index contributed by atoms with van der Waals surface area (Å²) in [5, 5.41) is 10.2. The number of hydrogen-bond acceptors (Lipinski definition) is 6. The second-order valence-electron chi connectivity index (χ2n) is 9.19. The molecular weight excluding hydrogens is 462 g/mol. The molecule has 0 unspecified atom stereocenters. The van der Waals surface area contributed by atoms with E-state index in [2.05, 4.69) is 34.1 Å². The van der Waals surface area contributed by atoms with Crippen molar-refractivity contribution >= 4 is 10.0 Å². The predicted octanol–water partition coefficient (Wildman–Crippen LogP) is 3.37. The Labute approximate surface area is 207 Å². The van der Waals surface area contributed by atoms with Gasteiger partial charge in [-0.15, -0.1) is 0 Å². The van der Waals surface area contributed by atoms with Crippen molar-refractivity contribution in [1.29, 1.82) is 0 Å². The van der Waals surface area contributed by atoms with Crippen LogP contribution in [0, 0.1) is 0 Å². The zero-order chi connectivity index (χ0) is 24.4. The van der Waals surface area contributed by atoms with Crippen molar-refractivity contribution in [3.05, 3.63) is 78.6 Å². The first-order valence-electron chi connectivity index (χ1n) is 12.0. The number of hydrogen-bond donors (Lipinski definition) is 1. The maximum atomic E-state index is 13.6. The van der Waals surface area contributed by atoms with Gasteiger partial charge in [0.1, 0.15) is 5.75 Å². The molecule has 5 rings (SSSR count). The van der Waals surface area contributed by atoms with Crippen LogP contribution in [-0.4, -0.2) is 73.1 Å². The van der Waals surface area contributed by atoms with Gasteiger partial charge in [0.25, 0.3) is 0 Å². The number of methoxy groups -OCH3 is 1. The molecule has 0 radical (unpaired) electrons. The number of fused-ring (bicyclic) bond motifs is 1. The normalized spacial score (nSPS) is 23.5. The van der Waals surface area contributed by atoms with Crippen molar-refractivity contribution in [2.24, 2.45) is 0 Å². The second-order valence-corrected chi connectivity index (χ2v) is 11.1. The van der Waals surface area contributed by atoms with Gasteiger partial charge in [0.15, 0.2) is 0 Å². The molecule has 0 amide bonds. The van der Waals surface area contributed by atoms with E-state index in [-0.39, 0.29) is 29.5 Å². The van der Waals surface area contributed by atoms with Crippen molar-refractivity contribution in [2.75, 3.05) is 33.4 Å². The molecular formula is C27H31N3O4S. The minimum Gasteiger partial charge on any atom is -0.497 e. The van der Waals surface area contributed by atoms with Gasteiger partial charge in [0.2, 0.25) is 10.0 Å². The smallest absolute Gasteiger partial charge is 0.243 e. The Morgan fingerprint density at radius 3 is 2.54 bits per heavy atom. The highest BCUT2D eigenvalue weighted by Crippen LogP contribution is 2.43. The summed E-state index contributed by atoms with van der Waals surface area (Å²) in [6.45, 7) is 1.80. The molecule has 2 aromatic carbocycles. The third kappa shape index (κ3) is 4.59. The molecule has 2 fully saturated rings. The van der Waals surface area contributed by atoms with Crippen molar-refractivity contribution in [3.8, 4) is 16.9 Å². The lowest BCUT2D eigenvalue weighted by atomic mass is 9.74. The van der Waals surface area contributed by atoms with E-state index in [0.29, 0.717) is 18.8 Å². The highest BCUT2D eigenvalue weighted by atomic mass is 32.2. The average Bonchev–Trinajstić information content (AvgIpc) is 2.88. The number of benzene rings is 2. The first-order valence-corrected chi connectivity index (χ1v) is 13.5. The van der Waals surface area contributed by atoms with Crippen LogP contribution in [0.4, 0.5) is 0 Å². The lowest BCUT2D eigenvalue weighted by molar-refractivity contribution is -0.0553. The van der Waals surface area contributed by atoms with Gasteiger partial charge in [-0.1, -0.05) is 36.4 Å². The minimum atomic E-state index is -3.67. The number of nitrogens with zero attached hydrogens (tertiary/aromatic N) is 3. The maximum absolute atomic E-state index is 13.6. The Bertz CT molecular complexity index is 1250. The van der Waals surface area contributed by atoms with Crippen LogP contribution in [-0.2, 0) is 10.0 Å². The van der Waals surface area contributed by atoms with Gasteiger partial charge in [-0.2, -0.15) is 4.31 Å². The second kappa shape index (κ2) is 10.1. The van der Waals surface area contributed by atoms with Crippen molar-refractivity contribution in [3.63, 3.8) is 0 Å². The number of aliphatic hydroxyl groups is 1. The first kappa shape index (κ1) is 23.9. The van der Waals surface area contributed by atoms with Crippen LogP contribution in [0.3, 0.4) is 0 Å². The molecule has 35 heavy (non-hydrogen) atoms. The molecule has 0 saturated carbocycles. The number of pyridine rings is 1. The molecule has 2 saturated heterocycles. The molecule has 3 heterocycles. The topological polar surface area (TPSA) is 83.0 Å². The molecule has 2 aliphatic heterocycles. The van der Waals surface area contributed by atoms with Crippen LogP contribution >= 0.6 is 0 Å².